The fraction of sp³-hybridized carbons (Fsp3) is 0.833. The minimum Gasteiger partial charge on any atom is -0.300 e. The van der Waals surface area contributed by atoms with Crippen molar-refractivity contribution in [1.82, 2.24) is 0 Å². The van der Waals surface area contributed by atoms with Gasteiger partial charge < -0.3 is 0 Å². The molecule has 0 saturated carbocycles. The number of carbonyl (C=O) groups is 2. The Hall–Kier alpha value is -0.660. The van der Waals surface area contributed by atoms with Crippen LogP contribution >= 0.6 is 0 Å². The molecule has 0 unspecified atom stereocenters. The Balaban J connectivity index is 4.73. The van der Waals surface area contributed by atoms with E-state index in [0.29, 0.717) is 6.42 Å². The summed E-state index contributed by atoms with van der Waals surface area (Å²) in [6, 6.07) is 0. The molecule has 0 bridgehead atoms. The van der Waals surface area contributed by atoms with Gasteiger partial charge in [0.25, 0.3) is 0 Å². The van der Waals surface area contributed by atoms with Gasteiger partial charge in [-0.25, -0.2) is 0 Å². The van der Waals surface area contributed by atoms with Gasteiger partial charge in [0.1, 0.15) is 11.6 Å². The van der Waals surface area contributed by atoms with E-state index in [-0.39, 0.29) is 17.0 Å². The van der Waals surface area contributed by atoms with E-state index in [0.717, 1.165) is 25.7 Å². The molecule has 0 spiro atoms. The van der Waals surface area contributed by atoms with E-state index in [1.165, 1.54) is 0 Å². The van der Waals surface area contributed by atoms with Gasteiger partial charge >= 0.3 is 0 Å². The highest BCUT2D eigenvalue weighted by atomic mass is 16.1. The van der Waals surface area contributed by atoms with E-state index < -0.39 is 0 Å². The zero-order chi connectivity index (χ0) is 11.2. The van der Waals surface area contributed by atoms with Gasteiger partial charge in [-0.2, -0.15) is 0 Å². The highest BCUT2D eigenvalue weighted by Gasteiger charge is 2.34. The third-order valence-electron chi connectivity index (χ3n) is 2.79. The Morgan fingerprint density at radius 2 is 1.43 bits per heavy atom. The van der Waals surface area contributed by atoms with E-state index >= 15 is 0 Å². The van der Waals surface area contributed by atoms with Gasteiger partial charge in [-0.1, -0.05) is 26.7 Å². The summed E-state index contributed by atoms with van der Waals surface area (Å²) in [5, 5.41) is 0. The second kappa shape index (κ2) is 5.94. The maximum Gasteiger partial charge on any atom is 0.136 e. The fourth-order valence-electron chi connectivity index (χ4n) is 2.21. The molecule has 0 saturated heterocycles. The molecule has 0 heterocycles. The Morgan fingerprint density at radius 1 is 1.00 bits per heavy atom. The normalized spacial score (nSPS) is 11.4. The van der Waals surface area contributed by atoms with Crippen molar-refractivity contribution in [2.75, 3.05) is 0 Å². The van der Waals surface area contributed by atoms with Crippen molar-refractivity contribution in [1.29, 1.82) is 0 Å². The number of carbonyl (C=O) groups excluding carboxylic acids is 2. The monoisotopic (exact) mass is 198 g/mol. The smallest absolute Gasteiger partial charge is 0.136 e. The van der Waals surface area contributed by atoms with Crippen molar-refractivity contribution in [3.8, 4) is 0 Å². The first-order chi connectivity index (χ1) is 6.48. The molecule has 14 heavy (non-hydrogen) atoms. The molecule has 0 aliphatic rings. The van der Waals surface area contributed by atoms with Gasteiger partial charge in [0.2, 0.25) is 0 Å². The van der Waals surface area contributed by atoms with Gasteiger partial charge in [0, 0.05) is 11.8 Å². The Labute approximate surface area is 87.1 Å². The van der Waals surface area contributed by atoms with Gasteiger partial charge in [-0.05, 0) is 26.7 Å². The zero-order valence-electron chi connectivity index (χ0n) is 9.85. The van der Waals surface area contributed by atoms with E-state index in [2.05, 4.69) is 13.8 Å². The van der Waals surface area contributed by atoms with E-state index in [9.17, 15) is 9.59 Å². The first kappa shape index (κ1) is 13.3. The highest BCUT2D eigenvalue weighted by Crippen LogP contribution is 2.35. The summed E-state index contributed by atoms with van der Waals surface area (Å²) in [6.07, 6.45) is 4.04. The molecule has 0 aliphatic heterocycles. The predicted molar refractivity (Wildman–Crippen MR) is 58.2 cm³/mol. The maximum atomic E-state index is 11.6. The van der Waals surface area contributed by atoms with Crippen molar-refractivity contribution >= 4 is 11.6 Å². The van der Waals surface area contributed by atoms with Gasteiger partial charge in [0.15, 0.2) is 0 Å². The summed E-state index contributed by atoms with van der Waals surface area (Å²) in [7, 11) is 0. The van der Waals surface area contributed by atoms with Crippen LogP contribution in [0.3, 0.4) is 0 Å². The minimum atomic E-state index is -0.366. The van der Waals surface area contributed by atoms with Crippen LogP contribution in [0, 0.1) is 5.41 Å². The zero-order valence-corrected chi connectivity index (χ0v) is 9.85. The van der Waals surface area contributed by atoms with Gasteiger partial charge in [-0.15, -0.1) is 0 Å². The van der Waals surface area contributed by atoms with Gasteiger partial charge in [-0.3, -0.25) is 9.59 Å². The van der Waals surface area contributed by atoms with Crippen LogP contribution in [0.25, 0.3) is 0 Å². The van der Waals surface area contributed by atoms with Crippen molar-refractivity contribution in [2.24, 2.45) is 5.41 Å². The lowest BCUT2D eigenvalue weighted by Gasteiger charge is -2.29. The maximum absolute atomic E-state index is 11.6. The van der Waals surface area contributed by atoms with E-state index in [1.807, 2.05) is 0 Å². The van der Waals surface area contributed by atoms with Gasteiger partial charge in [0.05, 0.1) is 0 Å². The third kappa shape index (κ3) is 3.60. The fourth-order valence-corrected chi connectivity index (χ4v) is 2.21. The summed E-state index contributed by atoms with van der Waals surface area (Å²) in [5.41, 5.74) is -0.366. The largest absolute Gasteiger partial charge is 0.300 e. The standard InChI is InChI=1S/C12H22O2/c1-5-7-12(8-6-2,11(4)14)9-10(3)13/h5-9H2,1-4H3. The summed E-state index contributed by atoms with van der Waals surface area (Å²) in [4.78, 5) is 22.8. The summed E-state index contributed by atoms with van der Waals surface area (Å²) >= 11 is 0. The third-order valence-corrected chi connectivity index (χ3v) is 2.79. The number of ketones is 2. The quantitative estimate of drug-likeness (QED) is 0.629. The molecule has 82 valence electrons. The van der Waals surface area contributed by atoms with Crippen molar-refractivity contribution in [3.05, 3.63) is 0 Å². The SMILES string of the molecule is CCCC(CCC)(CC(C)=O)C(C)=O. The minimum absolute atomic E-state index is 0.127. The first-order valence-corrected chi connectivity index (χ1v) is 5.49. The average molecular weight is 198 g/mol. The highest BCUT2D eigenvalue weighted by molar-refractivity contribution is 5.88. The molecule has 0 N–H and O–H groups in total. The number of Topliss-reactive ketones (excluding diaryl/α,β-unsaturated/α-hetero) is 2. The van der Waals surface area contributed by atoms with Crippen molar-refractivity contribution < 1.29 is 9.59 Å². The van der Waals surface area contributed by atoms with Crippen LogP contribution in [0.2, 0.25) is 0 Å². The number of hydrogen-bond acceptors (Lipinski definition) is 2. The van der Waals surface area contributed by atoms with Crippen LogP contribution < -0.4 is 0 Å². The first-order valence-electron chi connectivity index (χ1n) is 5.49. The Bertz CT molecular complexity index is 200. The van der Waals surface area contributed by atoms with Crippen LogP contribution in [-0.2, 0) is 9.59 Å². The van der Waals surface area contributed by atoms with Crippen LogP contribution in [0.15, 0.2) is 0 Å². The molecule has 0 atom stereocenters. The summed E-state index contributed by atoms with van der Waals surface area (Å²) < 4.78 is 0. The topological polar surface area (TPSA) is 34.1 Å². The second-order valence-corrected chi connectivity index (χ2v) is 4.22. The second-order valence-electron chi connectivity index (χ2n) is 4.22. The molecule has 2 heteroatoms. The van der Waals surface area contributed by atoms with E-state index in [1.54, 1.807) is 13.8 Å². The Morgan fingerprint density at radius 3 is 1.64 bits per heavy atom. The average Bonchev–Trinajstić information content (AvgIpc) is 2.03. The molecule has 2 nitrogen and oxygen atoms in total. The lowest BCUT2D eigenvalue weighted by Crippen LogP contribution is -2.31. The number of hydrogen-bond donors (Lipinski definition) is 0. The van der Waals surface area contributed by atoms with Crippen molar-refractivity contribution in [2.45, 2.75) is 59.8 Å². The van der Waals surface area contributed by atoms with Crippen molar-refractivity contribution in [3.63, 3.8) is 0 Å². The predicted octanol–water partition coefficient (Wildman–Crippen LogP) is 3.14. The van der Waals surface area contributed by atoms with Crippen LogP contribution in [0.4, 0.5) is 0 Å². The molecule has 0 aliphatic carbocycles. The molecular weight excluding hydrogens is 176 g/mol. The van der Waals surface area contributed by atoms with Crippen LogP contribution in [-0.4, -0.2) is 11.6 Å². The molecule has 0 rings (SSSR count). The Kier molecular flexibility index (Phi) is 5.66. The molecule has 0 fully saturated rings. The lowest BCUT2D eigenvalue weighted by atomic mass is 9.72. The molecular formula is C12H22O2. The lowest BCUT2D eigenvalue weighted by molar-refractivity contribution is -0.132. The number of rotatable bonds is 7. The van der Waals surface area contributed by atoms with E-state index in [4.69, 9.17) is 0 Å². The summed E-state index contributed by atoms with van der Waals surface area (Å²) in [6.45, 7) is 7.32. The van der Waals surface area contributed by atoms with Crippen LogP contribution in [0.5, 0.6) is 0 Å². The molecule has 0 aromatic rings. The molecule has 0 aromatic heterocycles. The molecule has 0 amide bonds. The molecule has 0 radical (unpaired) electrons. The molecule has 0 aromatic carbocycles. The summed E-state index contributed by atoms with van der Waals surface area (Å²) in [5.74, 6) is 0.304. The van der Waals surface area contributed by atoms with Crippen LogP contribution in [0.1, 0.15) is 59.8 Å².